The normalized spacial score (nSPS) is 11.6. The van der Waals surface area contributed by atoms with Crippen molar-refractivity contribution in [3.8, 4) is 11.5 Å². The van der Waals surface area contributed by atoms with Crippen LogP contribution in [0.4, 0.5) is 0 Å². The number of hydrogen-bond donors (Lipinski definition) is 2. The van der Waals surface area contributed by atoms with Gasteiger partial charge in [0.15, 0.2) is 0 Å². The van der Waals surface area contributed by atoms with Crippen LogP contribution in [0.25, 0.3) is 0 Å². The zero-order valence-corrected chi connectivity index (χ0v) is 11.8. The second-order valence-corrected chi connectivity index (χ2v) is 5.42. The molecular weight excluding hydrogens is 246 g/mol. The number of aliphatic carboxylic acids is 1. The zero-order chi connectivity index (χ0) is 14.6. The van der Waals surface area contributed by atoms with Crippen molar-refractivity contribution in [1.82, 2.24) is 4.90 Å². The Balaban J connectivity index is 2.93. The van der Waals surface area contributed by atoms with Gasteiger partial charge in [-0.1, -0.05) is 6.07 Å². The van der Waals surface area contributed by atoms with Crippen molar-refractivity contribution in [3.05, 3.63) is 23.8 Å². The zero-order valence-electron chi connectivity index (χ0n) is 11.8. The molecule has 0 bridgehead atoms. The van der Waals surface area contributed by atoms with Crippen molar-refractivity contribution in [2.45, 2.75) is 32.9 Å². The maximum Gasteiger partial charge on any atom is 0.317 e. The Bertz CT molecular complexity index is 451. The molecule has 0 aromatic heterocycles. The lowest BCUT2D eigenvalue weighted by molar-refractivity contribution is -0.139. The molecule has 1 aromatic carbocycles. The number of carbonyl (C=O) groups is 1. The average molecular weight is 267 g/mol. The minimum atomic E-state index is -0.886. The van der Waals surface area contributed by atoms with Crippen molar-refractivity contribution >= 4 is 5.97 Å². The summed E-state index contributed by atoms with van der Waals surface area (Å²) in [4.78, 5) is 12.7. The number of benzene rings is 1. The van der Waals surface area contributed by atoms with Gasteiger partial charge in [0.1, 0.15) is 11.5 Å². The predicted octanol–water partition coefficient (Wildman–Crippen LogP) is 2.09. The molecule has 0 fully saturated rings. The number of aromatic hydroxyl groups is 1. The highest BCUT2D eigenvalue weighted by atomic mass is 16.5. The van der Waals surface area contributed by atoms with E-state index in [-0.39, 0.29) is 17.8 Å². The molecule has 0 heterocycles. The van der Waals surface area contributed by atoms with Crippen LogP contribution in [0.1, 0.15) is 26.3 Å². The molecule has 2 N–H and O–H groups in total. The van der Waals surface area contributed by atoms with Gasteiger partial charge >= 0.3 is 5.97 Å². The lowest BCUT2D eigenvalue weighted by Crippen LogP contribution is -2.43. The number of ether oxygens (including phenoxy) is 1. The summed E-state index contributed by atoms with van der Waals surface area (Å²) in [6, 6.07) is 5.02. The van der Waals surface area contributed by atoms with Gasteiger partial charge in [-0.3, -0.25) is 9.69 Å². The van der Waals surface area contributed by atoms with Gasteiger partial charge in [-0.25, -0.2) is 0 Å². The van der Waals surface area contributed by atoms with Crippen LogP contribution in [0.3, 0.4) is 0 Å². The van der Waals surface area contributed by atoms with Gasteiger partial charge in [-0.05, 0) is 26.8 Å². The summed E-state index contributed by atoms with van der Waals surface area (Å²) in [7, 11) is 1.53. The topological polar surface area (TPSA) is 70.0 Å². The number of carboxylic acid groups (broad SMARTS) is 1. The van der Waals surface area contributed by atoms with Gasteiger partial charge in [0.25, 0.3) is 0 Å². The summed E-state index contributed by atoms with van der Waals surface area (Å²) < 4.78 is 5.02. The third-order valence-electron chi connectivity index (χ3n) is 2.93. The van der Waals surface area contributed by atoms with Crippen molar-refractivity contribution in [3.63, 3.8) is 0 Å². The number of nitrogens with zero attached hydrogens (tertiary/aromatic N) is 1. The number of hydrogen-bond acceptors (Lipinski definition) is 4. The molecule has 5 nitrogen and oxygen atoms in total. The number of rotatable bonds is 5. The van der Waals surface area contributed by atoms with E-state index in [0.717, 1.165) is 0 Å². The van der Waals surface area contributed by atoms with Gasteiger partial charge < -0.3 is 14.9 Å². The number of phenols is 1. The van der Waals surface area contributed by atoms with E-state index in [1.54, 1.807) is 17.0 Å². The van der Waals surface area contributed by atoms with E-state index in [4.69, 9.17) is 9.84 Å². The highest BCUT2D eigenvalue weighted by Crippen LogP contribution is 2.26. The SMILES string of the molecule is COc1ccc(CN(CC(=O)O)C(C)(C)C)c(O)c1. The molecule has 0 unspecified atom stereocenters. The number of methoxy groups -OCH3 is 1. The number of phenolic OH excluding ortho intramolecular Hbond substituents is 1. The molecule has 0 radical (unpaired) electrons. The first-order valence-electron chi connectivity index (χ1n) is 6.06. The van der Waals surface area contributed by atoms with Crippen LogP contribution in [0.15, 0.2) is 18.2 Å². The molecule has 19 heavy (non-hydrogen) atoms. The van der Waals surface area contributed by atoms with Crippen LogP contribution in [0, 0.1) is 0 Å². The molecule has 1 aromatic rings. The summed E-state index contributed by atoms with van der Waals surface area (Å²) in [5.41, 5.74) is 0.377. The molecule has 0 atom stereocenters. The molecule has 106 valence electrons. The first-order chi connectivity index (χ1) is 8.74. The molecule has 0 saturated carbocycles. The smallest absolute Gasteiger partial charge is 0.317 e. The Morgan fingerprint density at radius 2 is 2.00 bits per heavy atom. The van der Waals surface area contributed by atoms with E-state index in [0.29, 0.717) is 17.9 Å². The fourth-order valence-corrected chi connectivity index (χ4v) is 1.70. The fraction of sp³-hybridized carbons (Fsp3) is 0.500. The highest BCUT2D eigenvalue weighted by molar-refractivity contribution is 5.69. The summed E-state index contributed by atoms with van der Waals surface area (Å²) in [5.74, 6) is -0.205. The van der Waals surface area contributed by atoms with Gasteiger partial charge in [-0.2, -0.15) is 0 Å². The Morgan fingerprint density at radius 1 is 1.37 bits per heavy atom. The van der Waals surface area contributed by atoms with Crippen molar-refractivity contribution < 1.29 is 19.7 Å². The Hall–Kier alpha value is -1.75. The van der Waals surface area contributed by atoms with Gasteiger partial charge in [0, 0.05) is 23.7 Å². The van der Waals surface area contributed by atoms with E-state index in [1.165, 1.54) is 13.2 Å². The van der Waals surface area contributed by atoms with E-state index in [2.05, 4.69) is 0 Å². The molecule has 0 spiro atoms. The summed E-state index contributed by atoms with van der Waals surface area (Å²) in [6.45, 7) is 6.12. The quantitative estimate of drug-likeness (QED) is 0.854. The minimum Gasteiger partial charge on any atom is -0.507 e. The van der Waals surface area contributed by atoms with Gasteiger partial charge in [-0.15, -0.1) is 0 Å². The second kappa shape index (κ2) is 5.93. The molecular formula is C14H21NO4. The molecule has 5 heteroatoms. The second-order valence-electron chi connectivity index (χ2n) is 5.42. The maximum absolute atomic E-state index is 10.9. The summed E-state index contributed by atoms with van der Waals surface area (Å²) in [5, 5.41) is 18.9. The molecule has 0 aliphatic rings. The van der Waals surface area contributed by atoms with Gasteiger partial charge in [0.05, 0.1) is 13.7 Å². The number of carboxylic acids is 1. The summed E-state index contributed by atoms with van der Waals surface area (Å²) in [6.07, 6.45) is 0. The van der Waals surface area contributed by atoms with Crippen LogP contribution in [-0.4, -0.2) is 40.3 Å². The Morgan fingerprint density at radius 3 is 2.42 bits per heavy atom. The largest absolute Gasteiger partial charge is 0.507 e. The van der Waals surface area contributed by atoms with E-state index >= 15 is 0 Å². The van der Waals surface area contributed by atoms with Crippen molar-refractivity contribution in [1.29, 1.82) is 0 Å². The highest BCUT2D eigenvalue weighted by Gasteiger charge is 2.24. The van der Waals surface area contributed by atoms with Crippen molar-refractivity contribution in [2.24, 2.45) is 0 Å². The summed E-state index contributed by atoms with van der Waals surface area (Å²) >= 11 is 0. The monoisotopic (exact) mass is 267 g/mol. The van der Waals surface area contributed by atoms with Gasteiger partial charge in [0.2, 0.25) is 0 Å². The molecule has 0 aliphatic carbocycles. The Kier molecular flexibility index (Phi) is 4.78. The fourth-order valence-electron chi connectivity index (χ4n) is 1.70. The van der Waals surface area contributed by atoms with Crippen LogP contribution in [0.2, 0.25) is 0 Å². The molecule has 1 rings (SSSR count). The third-order valence-corrected chi connectivity index (χ3v) is 2.93. The third kappa shape index (κ3) is 4.44. The van der Waals surface area contributed by atoms with Crippen LogP contribution < -0.4 is 4.74 Å². The van der Waals surface area contributed by atoms with Crippen molar-refractivity contribution in [2.75, 3.05) is 13.7 Å². The van der Waals surface area contributed by atoms with E-state index in [9.17, 15) is 9.90 Å². The minimum absolute atomic E-state index is 0.0744. The maximum atomic E-state index is 10.9. The first kappa shape index (κ1) is 15.3. The Labute approximate surface area is 113 Å². The predicted molar refractivity (Wildman–Crippen MR) is 72.5 cm³/mol. The lowest BCUT2D eigenvalue weighted by Gasteiger charge is -2.34. The lowest BCUT2D eigenvalue weighted by atomic mass is 10.0. The first-order valence-corrected chi connectivity index (χ1v) is 6.06. The van der Waals surface area contributed by atoms with Crippen LogP contribution >= 0.6 is 0 Å². The van der Waals surface area contributed by atoms with E-state index in [1.807, 2.05) is 20.8 Å². The van der Waals surface area contributed by atoms with Crippen LogP contribution in [-0.2, 0) is 11.3 Å². The molecule has 0 saturated heterocycles. The molecule has 0 aliphatic heterocycles. The average Bonchev–Trinajstić information content (AvgIpc) is 2.28. The van der Waals surface area contributed by atoms with Crippen LogP contribution in [0.5, 0.6) is 11.5 Å². The standard InChI is InChI=1S/C14H21NO4/c1-14(2,3)15(9-13(17)18)8-10-5-6-11(19-4)7-12(10)16/h5-7,16H,8-9H2,1-4H3,(H,17,18). The molecule has 0 amide bonds. The van der Waals surface area contributed by atoms with E-state index < -0.39 is 5.97 Å².